The SMILES string of the molecule is O=C1C[N+]([O-])NN1. The first-order valence-corrected chi connectivity index (χ1v) is 1.78. The minimum atomic E-state index is -0.296. The van der Waals surface area contributed by atoms with Crippen LogP contribution in [0.15, 0.2) is 0 Å². The smallest absolute Gasteiger partial charge is 0.300 e. The van der Waals surface area contributed by atoms with E-state index < -0.39 is 0 Å². The molecule has 39 valence electrons. The normalized spacial score (nSPS) is 22.7. The van der Waals surface area contributed by atoms with Crippen molar-refractivity contribution in [3.05, 3.63) is 5.21 Å². The summed E-state index contributed by atoms with van der Waals surface area (Å²) in [6.45, 7) is -0.111. The van der Waals surface area contributed by atoms with Crippen LogP contribution in [0.25, 0.3) is 0 Å². The average molecular weight is 102 g/mol. The van der Waals surface area contributed by atoms with Crippen molar-refractivity contribution in [2.45, 2.75) is 0 Å². The van der Waals surface area contributed by atoms with Crippen LogP contribution in [0.2, 0.25) is 0 Å². The van der Waals surface area contributed by atoms with Crippen molar-refractivity contribution in [2.75, 3.05) is 6.54 Å². The van der Waals surface area contributed by atoms with E-state index in [4.69, 9.17) is 0 Å². The maximum absolute atomic E-state index is 10.0. The molecule has 0 atom stereocenters. The molecule has 7 heavy (non-hydrogen) atoms. The summed E-state index contributed by atoms with van der Waals surface area (Å²) in [4.78, 5) is 10.0. The molecule has 0 unspecified atom stereocenters. The first kappa shape index (κ1) is 4.51. The van der Waals surface area contributed by atoms with Crippen LogP contribution in [0.1, 0.15) is 0 Å². The van der Waals surface area contributed by atoms with Gasteiger partial charge in [-0.1, -0.05) is 5.17 Å². The molecule has 1 aliphatic heterocycles. The predicted molar refractivity (Wildman–Crippen MR) is 21.6 cm³/mol. The summed E-state index contributed by atoms with van der Waals surface area (Å²) < 4.78 is 0. The van der Waals surface area contributed by atoms with Gasteiger partial charge in [0, 0.05) is 0 Å². The Labute approximate surface area is 39.8 Å². The number of hydrogen-bond acceptors (Lipinski definition) is 4. The summed E-state index contributed by atoms with van der Waals surface area (Å²) in [5, 5.41) is 10.4. The topological polar surface area (TPSA) is 70.1 Å². The Morgan fingerprint density at radius 1 is 1.86 bits per heavy atom. The lowest BCUT2D eigenvalue weighted by Gasteiger charge is -1.97. The molecule has 1 aliphatic rings. The molecule has 0 aliphatic carbocycles. The number of nitrogens with zero attached hydrogens (tertiary/aromatic N) is 1. The van der Waals surface area contributed by atoms with Gasteiger partial charge in [0.1, 0.15) is 0 Å². The molecule has 2 N–H and O–H groups in total. The summed E-state index contributed by atoms with van der Waals surface area (Å²) in [6.07, 6.45) is 0. The standard InChI is InChI=1S/C2H4N3O2/c6-2-1-5(7)4-3-2/h4H,1H2,(H,3,6). The monoisotopic (exact) mass is 102 g/mol. The highest BCUT2D eigenvalue weighted by molar-refractivity contribution is 5.79. The van der Waals surface area contributed by atoms with Crippen LogP contribution in [0.4, 0.5) is 0 Å². The molecular formula is C2H4N3O2. The Kier molecular flexibility index (Phi) is 0.935. The molecule has 1 fully saturated rings. The summed E-state index contributed by atoms with van der Waals surface area (Å²) in [5.74, 6) is -0.296. The molecule has 0 spiro atoms. The zero-order valence-electron chi connectivity index (χ0n) is 3.47. The van der Waals surface area contributed by atoms with E-state index >= 15 is 0 Å². The van der Waals surface area contributed by atoms with Gasteiger partial charge < -0.3 is 5.21 Å². The zero-order valence-corrected chi connectivity index (χ0v) is 3.47. The second kappa shape index (κ2) is 1.45. The van der Waals surface area contributed by atoms with Crippen molar-refractivity contribution in [1.82, 2.24) is 16.1 Å². The quantitative estimate of drug-likeness (QED) is 0.279. The van der Waals surface area contributed by atoms with Crippen LogP contribution in [0, 0.1) is 5.21 Å². The number of hydrogen-bond donors (Lipinski definition) is 2. The van der Waals surface area contributed by atoms with Crippen LogP contribution in [0.3, 0.4) is 0 Å². The van der Waals surface area contributed by atoms with Crippen molar-refractivity contribution in [1.29, 1.82) is 0 Å². The van der Waals surface area contributed by atoms with Crippen molar-refractivity contribution in [3.8, 4) is 0 Å². The first-order valence-electron chi connectivity index (χ1n) is 1.78. The van der Waals surface area contributed by atoms with Crippen molar-refractivity contribution < 1.29 is 4.79 Å². The molecule has 1 saturated heterocycles. The molecule has 0 aromatic heterocycles. The molecular weight excluding hydrogens is 98.0 g/mol. The first-order chi connectivity index (χ1) is 3.29. The molecule has 0 bridgehead atoms. The highest BCUT2D eigenvalue weighted by Gasteiger charge is 2.19. The van der Waals surface area contributed by atoms with E-state index in [1.807, 2.05) is 5.53 Å². The van der Waals surface area contributed by atoms with Gasteiger partial charge in [0.2, 0.25) is 6.54 Å². The summed E-state index contributed by atoms with van der Waals surface area (Å²) in [7, 11) is 0. The van der Waals surface area contributed by atoms with Gasteiger partial charge in [-0.2, -0.15) is 0 Å². The number of carbonyl (C=O) groups excluding carboxylic acids is 1. The van der Waals surface area contributed by atoms with Gasteiger partial charge in [0.05, 0.1) is 0 Å². The molecule has 5 heteroatoms. The average Bonchev–Trinajstić information content (AvgIpc) is 1.87. The molecule has 1 amide bonds. The fourth-order valence-corrected chi connectivity index (χ4v) is 0.334. The van der Waals surface area contributed by atoms with Gasteiger partial charge in [0.25, 0.3) is 0 Å². The fraction of sp³-hybridized carbons (Fsp3) is 0.500. The Morgan fingerprint density at radius 3 is 2.71 bits per heavy atom. The highest BCUT2D eigenvalue weighted by Crippen LogP contribution is 1.76. The number of hydroxylamine groups is 1. The van der Waals surface area contributed by atoms with E-state index in [2.05, 4.69) is 5.43 Å². The number of rotatable bonds is 0. The molecule has 5 nitrogen and oxygen atoms in total. The second-order valence-corrected chi connectivity index (χ2v) is 1.20. The second-order valence-electron chi connectivity index (χ2n) is 1.20. The molecule has 0 aromatic carbocycles. The van der Waals surface area contributed by atoms with Crippen molar-refractivity contribution in [2.24, 2.45) is 0 Å². The van der Waals surface area contributed by atoms with Gasteiger partial charge in [-0.25, -0.2) is 5.43 Å². The number of amides is 1. The van der Waals surface area contributed by atoms with Crippen molar-refractivity contribution in [3.63, 3.8) is 0 Å². The third-order valence-corrected chi connectivity index (χ3v) is 0.607. The van der Waals surface area contributed by atoms with E-state index in [9.17, 15) is 10.0 Å². The van der Waals surface area contributed by atoms with Gasteiger partial charge in [-0.05, 0) is 5.53 Å². The Balaban J connectivity index is 2.40. The van der Waals surface area contributed by atoms with Gasteiger partial charge in [0.15, 0.2) is 0 Å². The number of nitrogens with one attached hydrogen (secondary N) is 2. The maximum Gasteiger partial charge on any atom is 0.300 e. The van der Waals surface area contributed by atoms with Crippen LogP contribution in [-0.2, 0) is 4.79 Å². The number of hydrazine groups is 2. The minimum absolute atomic E-state index is 0.111. The van der Waals surface area contributed by atoms with E-state index in [0.717, 1.165) is 0 Å². The van der Waals surface area contributed by atoms with E-state index in [1.165, 1.54) is 0 Å². The zero-order chi connectivity index (χ0) is 5.28. The number of carbonyl (C=O) groups is 1. The third-order valence-electron chi connectivity index (χ3n) is 0.607. The summed E-state index contributed by atoms with van der Waals surface area (Å²) in [5.41, 5.74) is 4.14. The highest BCUT2D eigenvalue weighted by atomic mass is 16.6. The Hall–Kier alpha value is -0.650. The summed E-state index contributed by atoms with van der Waals surface area (Å²) in [6, 6.07) is 0. The molecule has 1 rings (SSSR count). The third kappa shape index (κ3) is 0.861. The van der Waals surface area contributed by atoms with Crippen LogP contribution in [0.5, 0.6) is 0 Å². The largest absolute Gasteiger partial charge is 0.558 e. The van der Waals surface area contributed by atoms with Crippen LogP contribution in [-0.4, -0.2) is 12.5 Å². The molecule has 1 radical (unpaired) electrons. The van der Waals surface area contributed by atoms with E-state index in [0.29, 0.717) is 5.17 Å². The summed E-state index contributed by atoms with van der Waals surface area (Å²) >= 11 is 0. The molecule has 0 aromatic rings. The van der Waals surface area contributed by atoms with Gasteiger partial charge >= 0.3 is 5.91 Å². The van der Waals surface area contributed by atoms with E-state index in [-0.39, 0.29) is 12.5 Å². The molecule has 1 heterocycles. The molecule has 0 saturated carbocycles. The van der Waals surface area contributed by atoms with Gasteiger partial charge in [-0.15, -0.1) is 0 Å². The van der Waals surface area contributed by atoms with E-state index in [1.54, 1.807) is 0 Å². The van der Waals surface area contributed by atoms with Crippen molar-refractivity contribution >= 4 is 5.91 Å². The predicted octanol–water partition coefficient (Wildman–Crippen LogP) is -1.83. The minimum Gasteiger partial charge on any atom is -0.558 e. The lowest BCUT2D eigenvalue weighted by atomic mass is 10.7. The Bertz CT molecular complexity index is 92.9. The Morgan fingerprint density at radius 2 is 2.57 bits per heavy atom. The maximum atomic E-state index is 10.0. The lowest BCUT2D eigenvalue weighted by molar-refractivity contribution is -0.118. The fourth-order valence-electron chi connectivity index (χ4n) is 0.334. The lowest BCUT2D eigenvalue weighted by Crippen LogP contribution is -2.36. The van der Waals surface area contributed by atoms with Crippen LogP contribution >= 0.6 is 0 Å². The van der Waals surface area contributed by atoms with Crippen LogP contribution < -0.4 is 16.1 Å². The van der Waals surface area contributed by atoms with Gasteiger partial charge in [-0.3, -0.25) is 4.79 Å².